The molecule has 3 nitrogen and oxygen atoms in total. The molecule has 0 spiro atoms. The van der Waals surface area contributed by atoms with Crippen molar-refractivity contribution >= 4 is 25.8 Å². The van der Waals surface area contributed by atoms with Crippen LogP contribution in [-0.2, 0) is 13.3 Å². The van der Waals surface area contributed by atoms with Crippen LogP contribution in [-0.4, -0.2) is 30.1 Å². The van der Waals surface area contributed by atoms with E-state index in [2.05, 4.69) is 0 Å². The molecule has 0 saturated heterocycles. The highest BCUT2D eigenvalue weighted by Crippen LogP contribution is 2.02. The molecule has 58 valence electrons. The van der Waals surface area contributed by atoms with Crippen LogP contribution in [0.1, 0.15) is 0 Å². The van der Waals surface area contributed by atoms with Gasteiger partial charge in [0.15, 0.2) is 0 Å². The number of hydrogen-bond acceptors (Lipinski definition) is 3. The summed E-state index contributed by atoms with van der Waals surface area (Å²) in [5, 5.41) is 0. The molecule has 0 N–H and O–H groups in total. The van der Waals surface area contributed by atoms with E-state index in [4.69, 9.17) is 13.3 Å². The second kappa shape index (κ2) is 5.37. The molecule has 0 aromatic rings. The van der Waals surface area contributed by atoms with Crippen LogP contribution in [0.5, 0.6) is 0 Å². The van der Waals surface area contributed by atoms with E-state index in [-0.39, 0.29) is 17.0 Å². The van der Waals surface area contributed by atoms with E-state index in [0.29, 0.717) is 0 Å². The molecule has 0 aromatic heterocycles. The Morgan fingerprint density at radius 3 is 1.11 bits per heavy atom. The lowest BCUT2D eigenvalue weighted by molar-refractivity contribution is 0.132. The van der Waals surface area contributed by atoms with Crippen LogP contribution in [0.3, 0.4) is 0 Å². The van der Waals surface area contributed by atoms with Gasteiger partial charge in [-0.05, 0) is 0 Å². The van der Waals surface area contributed by atoms with Crippen molar-refractivity contribution in [3.63, 3.8) is 0 Å². The minimum absolute atomic E-state index is 0. The van der Waals surface area contributed by atoms with E-state index in [1.807, 2.05) is 6.55 Å². The van der Waals surface area contributed by atoms with Crippen LogP contribution in [0.2, 0.25) is 6.55 Å². The maximum Gasteiger partial charge on any atom is 0.496 e. The molecule has 5 heteroatoms. The first kappa shape index (κ1) is 12.3. The summed E-state index contributed by atoms with van der Waals surface area (Å²) in [7, 11) is 2.58. The highest BCUT2D eigenvalue weighted by atomic mass is 79.9. The molecule has 0 aliphatic heterocycles. The third-order valence-corrected chi connectivity index (χ3v) is 3.34. The Labute approximate surface area is 67.4 Å². The average Bonchev–Trinajstić information content (AvgIpc) is 1.87. The normalized spacial score (nSPS) is 10.7. The fourth-order valence-corrected chi connectivity index (χ4v) is 0.750. The average molecular weight is 217 g/mol. The van der Waals surface area contributed by atoms with Crippen LogP contribution in [0.4, 0.5) is 0 Å². The summed E-state index contributed by atoms with van der Waals surface area (Å²) in [6.45, 7) is 1.83. The quantitative estimate of drug-likeness (QED) is 0.662. The van der Waals surface area contributed by atoms with Gasteiger partial charge < -0.3 is 13.3 Å². The lowest BCUT2D eigenvalue weighted by Crippen LogP contribution is -2.38. The molecule has 0 rings (SSSR count). The molecule has 0 bridgehead atoms. The zero-order chi connectivity index (χ0) is 6.62. The Balaban J connectivity index is 0. The summed E-state index contributed by atoms with van der Waals surface area (Å²) in [4.78, 5) is 0. The Kier molecular flexibility index (Phi) is 7.32. The summed E-state index contributed by atoms with van der Waals surface area (Å²) in [6, 6.07) is 0. The lowest BCUT2D eigenvalue weighted by atomic mass is 11.8. The van der Waals surface area contributed by atoms with Crippen molar-refractivity contribution in [3.05, 3.63) is 0 Å². The first-order chi connectivity index (χ1) is 3.68. The van der Waals surface area contributed by atoms with Crippen molar-refractivity contribution < 1.29 is 13.3 Å². The minimum atomic E-state index is -2.17. The van der Waals surface area contributed by atoms with Crippen LogP contribution in [0, 0.1) is 0 Å². The molecule has 0 atom stereocenters. The molecule has 0 unspecified atom stereocenters. The van der Waals surface area contributed by atoms with Gasteiger partial charge in [-0.15, -0.1) is 17.0 Å². The molecular weight excluding hydrogens is 204 g/mol. The largest absolute Gasteiger partial charge is 0.496 e. The first-order valence-corrected chi connectivity index (χ1v) is 4.56. The minimum Gasteiger partial charge on any atom is -0.377 e. The van der Waals surface area contributed by atoms with Gasteiger partial charge in [0.05, 0.1) is 0 Å². The predicted molar refractivity (Wildman–Crippen MR) is 43.0 cm³/mol. The van der Waals surface area contributed by atoms with Gasteiger partial charge in [-0.1, -0.05) is 0 Å². The highest BCUT2D eigenvalue weighted by Gasteiger charge is 2.29. The smallest absolute Gasteiger partial charge is 0.377 e. The van der Waals surface area contributed by atoms with Crippen molar-refractivity contribution in [2.75, 3.05) is 21.3 Å². The van der Waals surface area contributed by atoms with E-state index in [9.17, 15) is 0 Å². The summed E-state index contributed by atoms with van der Waals surface area (Å²) < 4.78 is 14.8. The molecule has 0 radical (unpaired) electrons. The Morgan fingerprint density at radius 2 is 1.11 bits per heavy atom. The maximum atomic E-state index is 4.93. The van der Waals surface area contributed by atoms with Crippen molar-refractivity contribution in [1.82, 2.24) is 0 Å². The molecular formula is C4H13BrO3Si. The van der Waals surface area contributed by atoms with Crippen LogP contribution < -0.4 is 0 Å². The molecule has 0 fully saturated rings. The van der Waals surface area contributed by atoms with E-state index in [1.165, 1.54) is 0 Å². The van der Waals surface area contributed by atoms with E-state index < -0.39 is 8.80 Å². The monoisotopic (exact) mass is 216 g/mol. The predicted octanol–water partition coefficient (Wildman–Crippen LogP) is 1.07. The van der Waals surface area contributed by atoms with Crippen molar-refractivity contribution in [2.45, 2.75) is 6.55 Å². The molecule has 0 aliphatic rings. The van der Waals surface area contributed by atoms with Crippen LogP contribution in [0.25, 0.3) is 0 Å². The molecule has 0 aromatic carbocycles. The fraction of sp³-hybridized carbons (Fsp3) is 1.00. The SMILES string of the molecule is Br.CO[Si](C)(OC)OC. The third-order valence-electron chi connectivity index (χ3n) is 1.11. The Morgan fingerprint density at radius 1 is 0.889 bits per heavy atom. The second-order valence-electron chi connectivity index (χ2n) is 1.47. The molecule has 0 amide bonds. The molecule has 9 heavy (non-hydrogen) atoms. The number of hydrogen-bond donors (Lipinski definition) is 0. The Bertz CT molecular complexity index is 58.6. The van der Waals surface area contributed by atoms with E-state index >= 15 is 0 Å². The topological polar surface area (TPSA) is 27.7 Å². The van der Waals surface area contributed by atoms with Gasteiger partial charge in [0, 0.05) is 27.9 Å². The highest BCUT2D eigenvalue weighted by molar-refractivity contribution is 8.93. The summed E-state index contributed by atoms with van der Waals surface area (Å²) in [5.74, 6) is 0. The summed E-state index contributed by atoms with van der Waals surface area (Å²) in [6.07, 6.45) is 0. The summed E-state index contributed by atoms with van der Waals surface area (Å²) in [5.41, 5.74) is 0. The van der Waals surface area contributed by atoms with Gasteiger partial charge in [0.25, 0.3) is 0 Å². The Hall–Kier alpha value is 0.577. The number of rotatable bonds is 3. The molecule has 0 aliphatic carbocycles. The zero-order valence-electron chi connectivity index (χ0n) is 6.13. The van der Waals surface area contributed by atoms with E-state index in [1.54, 1.807) is 21.3 Å². The van der Waals surface area contributed by atoms with Gasteiger partial charge in [-0.25, -0.2) is 0 Å². The third kappa shape index (κ3) is 4.05. The van der Waals surface area contributed by atoms with Crippen LogP contribution in [0.15, 0.2) is 0 Å². The van der Waals surface area contributed by atoms with Crippen molar-refractivity contribution in [2.24, 2.45) is 0 Å². The van der Waals surface area contributed by atoms with Gasteiger partial charge in [-0.3, -0.25) is 0 Å². The fourth-order valence-electron chi connectivity index (χ4n) is 0.250. The van der Waals surface area contributed by atoms with Crippen molar-refractivity contribution in [3.8, 4) is 0 Å². The first-order valence-electron chi connectivity index (χ1n) is 2.34. The van der Waals surface area contributed by atoms with Crippen molar-refractivity contribution in [1.29, 1.82) is 0 Å². The second-order valence-corrected chi connectivity index (χ2v) is 4.42. The van der Waals surface area contributed by atoms with Gasteiger partial charge in [0.1, 0.15) is 0 Å². The van der Waals surface area contributed by atoms with E-state index in [0.717, 1.165) is 0 Å². The standard InChI is InChI=1S/C4H12O3Si.BrH/c1-5-8(4,6-2)7-3;/h1-4H3;1H. The van der Waals surface area contributed by atoms with Crippen LogP contribution >= 0.6 is 17.0 Å². The zero-order valence-corrected chi connectivity index (χ0v) is 8.85. The van der Waals surface area contributed by atoms with Gasteiger partial charge >= 0.3 is 8.80 Å². The number of halogens is 1. The summed E-state index contributed by atoms with van der Waals surface area (Å²) >= 11 is 0. The van der Waals surface area contributed by atoms with Gasteiger partial charge in [0.2, 0.25) is 0 Å². The van der Waals surface area contributed by atoms with Gasteiger partial charge in [-0.2, -0.15) is 0 Å². The molecule has 0 saturated carbocycles. The molecule has 0 heterocycles. The lowest BCUT2D eigenvalue weighted by Gasteiger charge is -2.18. The maximum absolute atomic E-state index is 4.93.